The van der Waals surface area contributed by atoms with Crippen LogP contribution in [0.1, 0.15) is 41.8 Å². The van der Waals surface area contributed by atoms with Crippen LogP contribution in [0.5, 0.6) is 0 Å². The Morgan fingerprint density at radius 2 is 2.00 bits per heavy atom. The molecule has 0 aliphatic carbocycles. The number of amides is 1. The lowest BCUT2D eigenvalue weighted by molar-refractivity contribution is 0.0955. The summed E-state index contributed by atoms with van der Waals surface area (Å²) in [6.45, 7) is 7.00. The number of carbonyl (C=O) groups excluding carboxylic acids is 1. The standard InChI is InChI=1S/C23H25N5OS/c1-23(2,3)20-14-30-21(27-20)9-10-24-22(29)17-11-19(15-12-25-28(4)13-15)26-18-8-6-5-7-16(17)18/h5-8,11-14H,9-10H2,1-4H3,(H,24,29). The smallest absolute Gasteiger partial charge is 0.252 e. The number of benzene rings is 1. The zero-order chi connectivity index (χ0) is 21.3. The fraction of sp³-hybridized carbons (Fsp3) is 0.304. The summed E-state index contributed by atoms with van der Waals surface area (Å²) < 4.78 is 1.73. The molecule has 7 heteroatoms. The predicted octanol–water partition coefficient (Wildman–Crippen LogP) is 4.36. The van der Waals surface area contributed by atoms with Crippen molar-refractivity contribution < 1.29 is 4.79 Å². The molecule has 4 aromatic rings. The molecule has 0 saturated carbocycles. The Balaban J connectivity index is 1.54. The van der Waals surface area contributed by atoms with Crippen molar-refractivity contribution in [2.45, 2.75) is 32.6 Å². The molecule has 30 heavy (non-hydrogen) atoms. The molecule has 0 fully saturated rings. The van der Waals surface area contributed by atoms with Crippen LogP contribution in [-0.2, 0) is 18.9 Å². The van der Waals surface area contributed by atoms with Crippen LogP contribution in [0.25, 0.3) is 22.2 Å². The molecular weight excluding hydrogens is 394 g/mol. The van der Waals surface area contributed by atoms with Crippen molar-refractivity contribution in [3.05, 3.63) is 64.4 Å². The minimum atomic E-state index is -0.105. The minimum Gasteiger partial charge on any atom is -0.352 e. The molecule has 0 aliphatic rings. The van der Waals surface area contributed by atoms with Gasteiger partial charge in [0.1, 0.15) is 0 Å². The van der Waals surface area contributed by atoms with E-state index in [1.165, 1.54) is 0 Å². The Kier molecular flexibility index (Phi) is 5.39. The van der Waals surface area contributed by atoms with E-state index in [-0.39, 0.29) is 11.3 Å². The molecule has 3 heterocycles. The third-order valence-corrected chi connectivity index (χ3v) is 5.81. The average molecular weight is 420 g/mol. The number of hydrogen-bond acceptors (Lipinski definition) is 5. The van der Waals surface area contributed by atoms with E-state index in [0.29, 0.717) is 18.5 Å². The van der Waals surface area contributed by atoms with Crippen molar-refractivity contribution in [3.63, 3.8) is 0 Å². The van der Waals surface area contributed by atoms with Crippen molar-refractivity contribution in [2.75, 3.05) is 6.54 Å². The number of para-hydroxylation sites is 1. The van der Waals surface area contributed by atoms with Gasteiger partial charge in [-0.1, -0.05) is 39.0 Å². The van der Waals surface area contributed by atoms with Crippen LogP contribution in [-0.4, -0.2) is 32.2 Å². The molecule has 154 valence electrons. The first kappa shape index (κ1) is 20.2. The molecule has 1 amide bonds. The molecule has 0 aliphatic heterocycles. The van der Waals surface area contributed by atoms with Gasteiger partial charge >= 0.3 is 0 Å². The van der Waals surface area contributed by atoms with E-state index in [1.807, 2.05) is 43.6 Å². The number of fused-ring (bicyclic) bond motifs is 1. The molecule has 1 aromatic carbocycles. The lowest BCUT2D eigenvalue weighted by Crippen LogP contribution is -2.26. The quantitative estimate of drug-likeness (QED) is 0.522. The van der Waals surface area contributed by atoms with Gasteiger partial charge in [0.15, 0.2) is 0 Å². The third kappa shape index (κ3) is 4.26. The van der Waals surface area contributed by atoms with Crippen LogP contribution in [0.2, 0.25) is 0 Å². The van der Waals surface area contributed by atoms with Gasteiger partial charge in [0.05, 0.1) is 33.7 Å². The highest BCUT2D eigenvalue weighted by atomic mass is 32.1. The fourth-order valence-electron chi connectivity index (χ4n) is 3.21. The van der Waals surface area contributed by atoms with Gasteiger partial charge in [-0.05, 0) is 12.1 Å². The van der Waals surface area contributed by atoms with Crippen molar-refractivity contribution in [2.24, 2.45) is 7.05 Å². The Labute approximate surface area is 180 Å². The van der Waals surface area contributed by atoms with E-state index in [9.17, 15) is 4.79 Å². The Hall–Kier alpha value is -3.06. The van der Waals surface area contributed by atoms with E-state index in [4.69, 9.17) is 9.97 Å². The molecular formula is C23H25N5OS. The highest BCUT2D eigenvalue weighted by Crippen LogP contribution is 2.25. The van der Waals surface area contributed by atoms with E-state index >= 15 is 0 Å². The second kappa shape index (κ2) is 7.99. The summed E-state index contributed by atoms with van der Waals surface area (Å²) in [6.07, 6.45) is 4.37. The van der Waals surface area contributed by atoms with Crippen molar-refractivity contribution in [1.29, 1.82) is 0 Å². The predicted molar refractivity (Wildman–Crippen MR) is 121 cm³/mol. The number of nitrogens with zero attached hydrogens (tertiary/aromatic N) is 4. The van der Waals surface area contributed by atoms with Gasteiger partial charge in [-0.3, -0.25) is 9.48 Å². The van der Waals surface area contributed by atoms with Gasteiger partial charge in [0.25, 0.3) is 5.91 Å². The summed E-state index contributed by atoms with van der Waals surface area (Å²) in [4.78, 5) is 22.4. The lowest BCUT2D eigenvalue weighted by Gasteiger charge is -2.14. The second-order valence-electron chi connectivity index (χ2n) is 8.36. The third-order valence-electron chi connectivity index (χ3n) is 4.91. The highest BCUT2D eigenvalue weighted by Gasteiger charge is 2.18. The Morgan fingerprint density at radius 1 is 1.20 bits per heavy atom. The number of rotatable bonds is 5. The molecule has 0 radical (unpaired) electrons. The summed E-state index contributed by atoms with van der Waals surface area (Å²) in [6, 6.07) is 9.56. The van der Waals surface area contributed by atoms with Crippen LogP contribution in [0.15, 0.2) is 48.1 Å². The average Bonchev–Trinajstić information content (AvgIpc) is 3.36. The van der Waals surface area contributed by atoms with Gasteiger partial charge in [0, 0.05) is 48.0 Å². The summed E-state index contributed by atoms with van der Waals surface area (Å²) >= 11 is 1.65. The van der Waals surface area contributed by atoms with Crippen molar-refractivity contribution >= 4 is 28.1 Å². The SMILES string of the molecule is Cn1cc(-c2cc(C(=O)NCCc3nc(C(C)(C)C)cs3)c3ccccc3n2)cn1. The van der Waals surface area contributed by atoms with Crippen molar-refractivity contribution in [1.82, 2.24) is 25.1 Å². The fourth-order valence-corrected chi connectivity index (χ4v) is 4.24. The van der Waals surface area contributed by atoms with E-state index in [2.05, 4.69) is 36.6 Å². The summed E-state index contributed by atoms with van der Waals surface area (Å²) in [5.41, 5.74) is 4.16. The first-order valence-corrected chi connectivity index (χ1v) is 10.8. The van der Waals surface area contributed by atoms with Gasteiger partial charge < -0.3 is 5.32 Å². The molecule has 0 atom stereocenters. The van der Waals surface area contributed by atoms with Gasteiger partial charge in [0.2, 0.25) is 0 Å². The maximum Gasteiger partial charge on any atom is 0.252 e. The summed E-state index contributed by atoms with van der Waals surface area (Å²) in [5.74, 6) is -0.105. The maximum absolute atomic E-state index is 13.0. The monoisotopic (exact) mass is 419 g/mol. The normalized spacial score (nSPS) is 11.7. The van der Waals surface area contributed by atoms with Crippen LogP contribution in [0.4, 0.5) is 0 Å². The van der Waals surface area contributed by atoms with Gasteiger partial charge in [-0.2, -0.15) is 5.10 Å². The number of thiazole rings is 1. The summed E-state index contributed by atoms with van der Waals surface area (Å²) in [7, 11) is 1.86. The number of pyridine rings is 1. The van der Waals surface area contributed by atoms with Gasteiger partial charge in [-0.15, -0.1) is 11.3 Å². The van der Waals surface area contributed by atoms with Crippen LogP contribution >= 0.6 is 11.3 Å². The van der Waals surface area contributed by atoms with Crippen LogP contribution in [0.3, 0.4) is 0 Å². The Bertz CT molecular complexity index is 1200. The second-order valence-corrected chi connectivity index (χ2v) is 9.30. The number of nitrogens with one attached hydrogen (secondary N) is 1. The van der Waals surface area contributed by atoms with E-state index in [1.54, 1.807) is 22.2 Å². The zero-order valence-electron chi connectivity index (χ0n) is 17.6. The number of carbonyl (C=O) groups is 1. The molecule has 4 rings (SSSR count). The minimum absolute atomic E-state index is 0.0383. The largest absolute Gasteiger partial charge is 0.352 e. The van der Waals surface area contributed by atoms with E-state index in [0.717, 1.165) is 32.9 Å². The lowest BCUT2D eigenvalue weighted by atomic mass is 9.93. The molecule has 0 bridgehead atoms. The maximum atomic E-state index is 13.0. The molecule has 6 nitrogen and oxygen atoms in total. The van der Waals surface area contributed by atoms with E-state index < -0.39 is 0 Å². The summed E-state index contributed by atoms with van der Waals surface area (Å²) in [5, 5.41) is 11.3. The number of aryl methyl sites for hydroxylation is 1. The van der Waals surface area contributed by atoms with Crippen LogP contribution < -0.4 is 5.32 Å². The highest BCUT2D eigenvalue weighted by molar-refractivity contribution is 7.09. The molecule has 0 saturated heterocycles. The number of hydrogen-bond donors (Lipinski definition) is 1. The first-order chi connectivity index (χ1) is 14.3. The van der Waals surface area contributed by atoms with Crippen molar-refractivity contribution in [3.8, 4) is 11.3 Å². The zero-order valence-corrected chi connectivity index (χ0v) is 18.5. The van der Waals surface area contributed by atoms with Crippen LogP contribution in [0, 0.1) is 0 Å². The number of aromatic nitrogens is 4. The van der Waals surface area contributed by atoms with Gasteiger partial charge in [-0.25, -0.2) is 9.97 Å². The first-order valence-electron chi connectivity index (χ1n) is 9.93. The molecule has 3 aromatic heterocycles. The Morgan fingerprint density at radius 3 is 2.70 bits per heavy atom. The molecule has 0 unspecified atom stereocenters. The molecule has 0 spiro atoms. The topological polar surface area (TPSA) is 72.7 Å². The molecule has 1 N–H and O–H groups in total.